The van der Waals surface area contributed by atoms with Gasteiger partial charge in [0.15, 0.2) is 0 Å². The van der Waals surface area contributed by atoms with Crippen LogP contribution in [0.3, 0.4) is 0 Å². The molecule has 0 aliphatic heterocycles. The number of benzene rings is 2. The third kappa shape index (κ3) is 3.49. The molecule has 1 aromatic heterocycles. The van der Waals surface area contributed by atoms with Crippen molar-refractivity contribution in [3.8, 4) is 11.5 Å². The van der Waals surface area contributed by atoms with Crippen molar-refractivity contribution in [3.05, 3.63) is 35.9 Å². The quantitative estimate of drug-likeness (QED) is 0.631. The van der Waals surface area contributed by atoms with Crippen LogP contribution in [0.5, 0.6) is 11.5 Å². The molecule has 3 rings (SSSR count). The van der Waals surface area contributed by atoms with E-state index in [1.54, 1.807) is 19.1 Å². The number of halogens is 1. The number of aromatic nitrogens is 1. The maximum atomic E-state index is 5.57. The smallest absolute Gasteiger partial charge is 0.123 e. The molecule has 4 nitrogen and oxygen atoms in total. The highest BCUT2D eigenvalue weighted by atomic mass is 35.5. The standard InChI is InChI=1S/C21H28N2O2.ClH/c1-6-22(7-2)12-13-23-19-14-16(24-4)8-9-17(19)18-10-11-20(25-5)15(3)21(18)23;/h8-11,14H,6-7,12-13H2,1-5H3;1H. The van der Waals surface area contributed by atoms with Crippen LogP contribution in [0.1, 0.15) is 19.4 Å². The monoisotopic (exact) mass is 376 g/mol. The zero-order valence-corrected chi connectivity index (χ0v) is 17.1. The molecule has 0 radical (unpaired) electrons. The van der Waals surface area contributed by atoms with Gasteiger partial charge in [-0.3, -0.25) is 0 Å². The van der Waals surface area contributed by atoms with Crippen molar-refractivity contribution in [3.63, 3.8) is 0 Å². The van der Waals surface area contributed by atoms with Gasteiger partial charge in [-0.1, -0.05) is 0 Å². The van der Waals surface area contributed by atoms with Crippen LogP contribution in [-0.2, 0) is 6.54 Å². The van der Waals surface area contributed by atoms with Gasteiger partial charge >= 0.3 is 0 Å². The summed E-state index contributed by atoms with van der Waals surface area (Å²) in [6.07, 6.45) is 0. The van der Waals surface area contributed by atoms with Gasteiger partial charge in [0.1, 0.15) is 11.5 Å². The Morgan fingerprint density at radius 1 is 0.962 bits per heavy atom. The summed E-state index contributed by atoms with van der Waals surface area (Å²) in [5.74, 6) is 1.84. The van der Waals surface area contributed by atoms with Crippen molar-refractivity contribution in [2.24, 2.45) is 0 Å². The van der Waals surface area contributed by atoms with Crippen LogP contribution in [0.15, 0.2) is 30.3 Å². The fourth-order valence-electron chi connectivity index (χ4n) is 3.78. The molecule has 3 aromatic rings. The van der Waals surface area contributed by atoms with E-state index in [0.717, 1.165) is 37.7 Å². The number of ether oxygens (including phenoxy) is 2. The normalized spacial score (nSPS) is 11.2. The fourth-order valence-corrected chi connectivity index (χ4v) is 3.78. The highest BCUT2D eigenvalue weighted by Crippen LogP contribution is 2.36. The Bertz CT molecular complexity index is 885. The molecule has 142 valence electrons. The Hall–Kier alpha value is -1.91. The van der Waals surface area contributed by atoms with Crippen LogP contribution >= 0.6 is 0 Å². The lowest BCUT2D eigenvalue weighted by Crippen LogP contribution is -3.11. The molecule has 26 heavy (non-hydrogen) atoms. The van der Waals surface area contributed by atoms with Gasteiger partial charge in [0.25, 0.3) is 0 Å². The molecule has 0 amide bonds. The first-order chi connectivity index (χ1) is 12.1. The van der Waals surface area contributed by atoms with E-state index >= 15 is 0 Å². The molecule has 0 saturated carbocycles. The second-order valence-corrected chi connectivity index (χ2v) is 6.53. The lowest BCUT2D eigenvalue weighted by Gasteiger charge is -2.17. The minimum atomic E-state index is 0. The van der Waals surface area contributed by atoms with E-state index in [2.05, 4.69) is 49.6 Å². The number of quaternary nitrogens is 1. The summed E-state index contributed by atoms with van der Waals surface area (Å²) in [5.41, 5.74) is 3.70. The van der Waals surface area contributed by atoms with Gasteiger partial charge in [-0.15, -0.1) is 0 Å². The number of hydrogen-bond acceptors (Lipinski definition) is 2. The van der Waals surface area contributed by atoms with Crippen LogP contribution < -0.4 is 26.8 Å². The molecule has 0 aliphatic carbocycles. The van der Waals surface area contributed by atoms with Gasteiger partial charge in [-0.2, -0.15) is 0 Å². The van der Waals surface area contributed by atoms with Crippen LogP contribution in [0.2, 0.25) is 0 Å². The van der Waals surface area contributed by atoms with E-state index < -0.39 is 0 Å². The maximum absolute atomic E-state index is 5.57. The summed E-state index contributed by atoms with van der Waals surface area (Å²) < 4.78 is 13.5. The minimum Gasteiger partial charge on any atom is -1.00 e. The first kappa shape index (κ1) is 20.4. The topological polar surface area (TPSA) is 27.8 Å². The number of nitrogens with zero attached hydrogens (tertiary/aromatic N) is 1. The zero-order chi connectivity index (χ0) is 18.0. The molecule has 0 fully saturated rings. The van der Waals surface area contributed by atoms with Gasteiger partial charge in [0.05, 0.1) is 51.4 Å². The number of likely N-dealkylation sites (N-methyl/N-ethyl adjacent to an activating group) is 1. The van der Waals surface area contributed by atoms with E-state index in [1.165, 1.54) is 27.4 Å². The largest absolute Gasteiger partial charge is 1.00 e. The Balaban J connectivity index is 0.00000243. The average molecular weight is 377 g/mol. The molecule has 0 unspecified atom stereocenters. The molecule has 0 saturated heterocycles. The predicted octanol–water partition coefficient (Wildman–Crippen LogP) is 0.0488. The lowest BCUT2D eigenvalue weighted by atomic mass is 10.1. The second kappa shape index (κ2) is 8.65. The second-order valence-electron chi connectivity index (χ2n) is 6.53. The molecule has 0 bridgehead atoms. The number of rotatable bonds is 7. The summed E-state index contributed by atoms with van der Waals surface area (Å²) in [4.78, 5) is 1.61. The fraction of sp³-hybridized carbons (Fsp3) is 0.429. The first-order valence-electron chi connectivity index (χ1n) is 9.11. The van der Waals surface area contributed by atoms with E-state index in [1.807, 2.05) is 6.07 Å². The molecule has 0 spiro atoms. The van der Waals surface area contributed by atoms with Crippen molar-refractivity contribution in [1.82, 2.24) is 4.57 Å². The van der Waals surface area contributed by atoms with E-state index in [0.29, 0.717) is 0 Å². The van der Waals surface area contributed by atoms with Crippen LogP contribution in [0.4, 0.5) is 0 Å². The predicted molar refractivity (Wildman–Crippen MR) is 104 cm³/mol. The number of methoxy groups -OCH3 is 2. The number of fused-ring (bicyclic) bond motifs is 3. The van der Waals surface area contributed by atoms with Crippen molar-refractivity contribution in [2.45, 2.75) is 27.3 Å². The molecule has 0 atom stereocenters. The number of hydrogen-bond donors (Lipinski definition) is 1. The van der Waals surface area contributed by atoms with E-state index in [4.69, 9.17) is 9.47 Å². The van der Waals surface area contributed by atoms with E-state index in [9.17, 15) is 0 Å². The Labute approximate surface area is 162 Å². The third-order valence-corrected chi connectivity index (χ3v) is 5.35. The molecule has 1 heterocycles. The van der Waals surface area contributed by atoms with Crippen LogP contribution in [0, 0.1) is 6.92 Å². The van der Waals surface area contributed by atoms with Gasteiger partial charge in [-0.25, -0.2) is 0 Å². The van der Waals surface area contributed by atoms with Crippen LogP contribution in [-0.4, -0.2) is 38.4 Å². The Kier molecular flexibility index (Phi) is 6.79. The molecular weight excluding hydrogens is 348 g/mol. The molecule has 5 heteroatoms. The Morgan fingerprint density at radius 3 is 2.27 bits per heavy atom. The SMILES string of the molecule is CC[NH+](CC)CCn1c2cc(OC)ccc2c2ccc(OC)c(C)c21.[Cl-]. The van der Waals surface area contributed by atoms with Crippen molar-refractivity contribution >= 4 is 21.8 Å². The summed E-state index contributed by atoms with van der Waals surface area (Å²) in [6.45, 7) is 11.1. The van der Waals surface area contributed by atoms with Gasteiger partial charge in [0.2, 0.25) is 0 Å². The van der Waals surface area contributed by atoms with Crippen molar-refractivity contribution < 1.29 is 26.8 Å². The minimum absolute atomic E-state index is 0. The highest BCUT2D eigenvalue weighted by molar-refractivity contribution is 6.10. The summed E-state index contributed by atoms with van der Waals surface area (Å²) in [5, 5.41) is 2.56. The lowest BCUT2D eigenvalue weighted by molar-refractivity contribution is -0.897. The molecule has 0 aliphatic rings. The summed E-state index contributed by atoms with van der Waals surface area (Å²) >= 11 is 0. The third-order valence-electron chi connectivity index (χ3n) is 5.35. The van der Waals surface area contributed by atoms with Gasteiger partial charge in [-0.05, 0) is 45.0 Å². The van der Waals surface area contributed by atoms with Gasteiger partial charge < -0.3 is 31.3 Å². The van der Waals surface area contributed by atoms with Crippen molar-refractivity contribution in [2.75, 3.05) is 33.9 Å². The average Bonchev–Trinajstić information content (AvgIpc) is 2.96. The van der Waals surface area contributed by atoms with Crippen LogP contribution in [0.25, 0.3) is 21.8 Å². The Morgan fingerprint density at radius 2 is 1.65 bits per heavy atom. The maximum Gasteiger partial charge on any atom is 0.123 e. The molecule has 1 N–H and O–H groups in total. The first-order valence-corrected chi connectivity index (χ1v) is 9.11. The number of nitrogens with one attached hydrogen (secondary N) is 1. The summed E-state index contributed by atoms with van der Waals surface area (Å²) in [6, 6.07) is 10.6. The van der Waals surface area contributed by atoms with Crippen molar-refractivity contribution in [1.29, 1.82) is 0 Å². The number of aryl methyl sites for hydroxylation is 1. The highest BCUT2D eigenvalue weighted by Gasteiger charge is 2.17. The van der Waals surface area contributed by atoms with Gasteiger partial charge in [0, 0.05) is 22.4 Å². The summed E-state index contributed by atoms with van der Waals surface area (Å²) in [7, 11) is 3.47. The van der Waals surface area contributed by atoms with E-state index in [-0.39, 0.29) is 12.4 Å². The molecule has 2 aromatic carbocycles. The zero-order valence-electron chi connectivity index (χ0n) is 16.4. The molecular formula is C21H29ClN2O2.